The summed E-state index contributed by atoms with van der Waals surface area (Å²) in [5.41, 5.74) is 13.6. The van der Waals surface area contributed by atoms with E-state index in [0.29, 0.717) is 0 Å². The van der Waals surface area contributed by atoms with Crippen LogP contribution < -0.4 is 0 Å². The van der Waals surface area contributed by atoms with Crippen molar-refractivity contribution in [2.45, 2.75) is 67.7 Å². The number of hydrogen-bond acceptors (Lipinski definition) is 4. The van der Waals surface area contributed by atoms with Crippen LogP contribution in [0.3, 0.4) is 0 Å². The molecule has 2 aromatic carbocycles. The Bertz CT molecular complexity index is 1890. The second-order valence-corrected chi connectivity index (χ2v) is 16.9. The van der Waals surface area contributed by atoms with Crippen LogP contribution >= 0.6 is 15.6 Å². The van der Waals surface area contributed by atoms with Crippen LogP contribution in [0.4, 0.5) is 50.4 Å². The first-order valence-electron chi connectivity index (χ1n) is 16.3. The second kappa shape index (κ2) is 18.2. The summed E-state index contributed by atoms with van der Waals surface area (Å²) in [6, 6.07) is 4.57. The first-order chi connectivity index (χ1) is 25.2. The molecule has 58 heavy (non-hydrogen) atoms. The molecule has 332 valence electrons. The Morgan fingerprint density at radius 3 is 0.690 bits per heavy atom. The summed E-state index contributed by atoms with van der Waals surface area (Å²) in [5, 5.41) is 0. The summed E-state index contributed by atoms with van der Waals surface area (Å²) in [4.78, 5) is 16.5. The van der Waals surface area contributed by atoms with E-state index in [1.807, 2.05) is 74.9 Å². The summed E-state index contributed by atoms with van der Waals surface area (Å²) < 4.78 is 127. The van der Waals surface area contributed by atoms with Gasteiger partial charge >= 0.3 is 111 Å². The Labute approximate surface area is 357 Å². The second-order valence-electron chi connectivity index (χ2n) is 13.0. The maximum Gasteiger partial charge on any atom is 1.00 e. The van der Waals surface area contributed by atoms with Gasteiger partial charge in [0.1, 0.15) is 0 Å². The predicted octanol–water partition coefficient (Wildman–Crippen LogP) is 13.0. The first kappa shape index (κ1) is 52.8. The van der Waals surface area contributed by atoms with Gasteiger partial charge in [0.15, 0.2) is 0 Å². The molecule has 6 aromatic rings. The van der Waals surface area contributed by atoms with Crippen molar-refractivity contribution in [2.24, 2.45) is 0 Å². The van der Waals surface area contributed by atoms with Crippen molar-refractivity contribution in [2.75, 3.05) is 0 Å². The molecule has 0 radical (unpaired) electrons. The Morgan fingerprint density at radius 1 is 0.379 bits per heavy atom. The van der Waals surface area contributed by atoms with E-state index >= 15 is 0 Å². The molecular weight excluding hydrogens is 1030 g/mol. The van der Waals surface area contributed by atoms with E-state index < -0.39 is 15.6 Å². The maximum atomic E-state index is 9.87. The largest absolute Gasteiger partial charge is 1.00 e. The predicted molar refractivity (Wildman–Crippen MR) is 194 cm³/mol. The topological polar surface area (TPSA) is 71.3 Å². The molecule has 4 heterocycles. The average molecular weight is 1070 g/mol. The van der Waals surface area contributed by atoms with Crippen LogP contribution in [-0.2, 0) is 70.9 Å². The number of rotatable bonds is 8. The van der Waals surface area contributed by atoms with E-state index in [0.717, 1.165) is 26.2 Å². The maximum absolute atomic E-state index is 10.7. The first-order valence-corrected chi connectivity index (χ1v) is 20.4. The zero-order chi connectivity index (χ0) is 42.5. The molecule has 0 aliphatic carbocycles. The Morgan fingerprint density at radius 2 is 0.552 bits per heavy atom. The third kappa shape index (κ3) is 21.7. The van der Waals surface area contributed by atoms with E-state index in [9.17, 15) is 50.4 Å². The summed E-state index contributed by atoms with van der Waals surface area (Å²) in [6.07, 6.45) is 22.8. The van der Waals surface area contributed by atoms with Crippen LogP contribution in [0.5, 0.6) is 0 Å². The molecule has 0 bridgehead atoms. The molecule has 8 nitrogen and oxygen atoms in total. The molecule has 4 aromatic heterocycles. The van der Waals surface area contributed by atoms with Crippen LogP contribution in [0.1, 0.15) is 55.6 Å². The van der Waals surface area contributed by atoms with Crippen LogP contribution in [0.2, 0.25) is 0 Å². The summed E-state index contributed by atoms with van der Waals surface area (Å²) in [7, 11) is -21.3. The third-order valence-corrected chi connectivity index (χ3v) is 8.18. The van der Waals surface area contributed by atoms with E-state index in [4.69, 9.17) is 0 Å². The van der Waals surface area contributed by atoms with Crippen molar-refractivity contribution >= 4 is 15.6 Å². The molecule has 0 spiro atoms. The minimum absolute atomic E-state index is 0. The summed E-state index contributed by atoms with van der Waals surface area (Å²) >= 11 is 0. The quantitative estimate of drug-likeness (QED) is 0.0865. The van der Waals surface area contributed by atoms with Gasteiger partial charge in [-0.15, -0.1) is 0 Å². The monoisotopic (exact) mass is 1060 g/mol. The summed E-state index contributed by atoms with van der Waals surface area (Å²) in [5.74, 6) is 0. The molecule has 24 heteroatoms. The number of aromatic nitrogens is 8. The van der Waals surface area contributed by atoms with Crippen molar-refractivity contribution in [3.8, 4) is 0 Å². The Balaban J connectivity index is 0.000000429. The van der Waals surface area contributed by atoms with E-state index in [2.05, 4.69) is 91.9 Å². The standard InChI is InChI=1S/2C17H20N4.2Ag.2F6P/c2*1-13-8-14(2)17(10-21-7-5-19-12-21)15(3)16(13)9-20-6-4-18-11-20;;;2*1-7(2,3,4,5)6/h2*4-8,11-12H,9-10H2,1-3H3;;;;/q;;2*+1;2*-1. The van der Waals surface area contributed by atoms with Gasteiger partial charge in [-0.1, -0.05) is 12.1 Å². The van der Waals surface area contributed by atoms with Crippen molar-refractivity contribution in [3.63, 3.8) is 0 Å². The van der Waals surface area contributed by atoms with Crippen molar-refractivity contribution in [1.82, 2.24) is 38.2 Å². The van der Waals surface area contributed by atoms with E-state index in [-0.39, 0.29) is 44.8 Å². The molecule has 0 N–H and O–H groups in total. The van der Waals surface area contributed by atoms with E-state index in [1.165, 1.54) is 55.6 Å². The number of benzene rings is 2. The van der Waals surface area contributed by atoms with Crippen LogP contribution in [-0.4, -0.2) is 38.2 Å². The van der Waals surface area contributed by atoms with Gasteiger partial charge in [-0.3, -0.25) is 0 Å². The zero-order valence-corrected chi connectivity index (χ0v) is 36.3. The molecule has 0 aliphatic heterocycles. The molecule has 0 saturated carbocycles. The SMILES string of the molecule is Cc1cc(C)c(Cn2ccnc2)c(C)c1Cn1ccnc1.Cc1cc(C)c(Cn2ccnc2)c(C)c1Cn1ccnc1.F[P-](F)(F)(F)(F)F.F[P-](F)(F)(F)(F)F.[Ag+].[Ag+]. The third-order valence-electron chi connectivity index (χ3n) is 8.18. The molecule has 0 amide bonds. The number of halogens is 12. The van der Waals surface area contributed by atoms with E-state index in [1.54, 1.807) is 0 Å². The van der Waals surface area contributed by atoms with Gasteiger partial charge < -0.3 is 18.3 Å². The average Bonchev–Trinajstić information content (AvgIpc) is 3.85. The number of nitrogens with zero attached hydrogens (tertiary/aromatic N) is 8. The smallest absolute Gasteiger partial charge is 1.00 e. The minimum atomic E-state index is -10.7. The van der Waals surface area contributed by atoms with Crippen molar-refractivity contribution < 1.29 is 95.1 Å². The van der Waals surface area contributed by atoms with Crippen molar-refractivity contribution in [3.05, 3.63) is 143 Å². The Kier molecular flexibility index (Phi) is 16.5. The van der Waals surface area contributed by atoms with Gasteiger partial charge in [0.25, 0.3) is 0 Å². The number of aryl methyl sites for hydroxylation is 4. The molecule has 0 fully saturated rings. The molecule has 0 aliphatic rings. The normalized spacial score (nSPS) is 13.6. The number of hydrogen-bond donors (Lipinski definition) is 0. The molecule has 6 rings (SSSR count). The van der Waals surface area contributed by atoms with Gasteiger partial charge in [-0.2, -0.15) is 0 Å². The number of imidazole rings is 4. The molecule has 0 saturated heterocycles. The fraction of sp³-hybridized carbons (Fsp3) is 0.294. The fourth-order valence-corrected chi connectivity index (χ4v) is 5.77. The van der Waals surface area contributed by atoms with Crippen LogP contribution in [0.15, 0.2) is 87.0 Å². The van der Waals surface area contributed by atoms with Gasteiger partial charge in [-0.05, 0) is 97.2 Å². The van der Waals surface area contributed by atoms with Crippen LogP contribution in [0.25, 0.3) is 0 Å². The van der Waals surface area contributed by atoms with Crippen LogP contribution in [0, 0.1) is 41.5 Å². The molecular formula is C34H40Ag2F12N8P2. The van der Waals surface area contributed by atoms with Gasteiger partial charge in [0.2, 0.25) is 0 Å². The van der Waals surface area contributed by atoms with Gasteiger partial charge in [0.05, 0.1) is 25.3 Å². The van der Waals surface area contributed by atoms with Gasteiger partial charge in [0, 0.05) is 75.8 Å². The summed E-state index contributed by atoms with van der Waals surface area (Å²) in [6.45, 7) is 16.7. The van der Waals surface area contributed by atoms with Crippen molar-refractivity contribution in [1.29, 1.82) is 0 Å². The minimum Gasteiger partial charge on any atom is 1.00 e. The Hall–Kier alpha value is -3.22. The fourth-order valence-electron chi connectivity index (χ4n) is 5.77. The molecule has 0 atom stereocenters. The molecule has 0 unspecified atom stereocenters. The zero-order valence-electron chi connectivity index (χ0n) is 31.5. The van der Waals surface area contributed by atoms with Gasteiger partial charge in [-0.25, -0.2) is 19.9 Å².